The van der Waals surface area contributed by atoms with Crippen LogP contribution in [0.1, 0.15) is 31.1 Å². The Morgan fingerprint density at radius 3 is 1.30 bits per heavy atom. The number of nitrogens with two attached hydrogens (primary N) is 4. The molecule has 556 valence electrons. The first kappa shape index (κ1) is 74.2. The molecule has 4 unspecified atom stereocenters. The Balaban J connectivity index is 0.772. The van der Waals surface area contributed by atoms with E-state index in [-0.39, 0.29) is 34.3 Å². The zero-order chi connectivity index (χ0) is 73.4. The highest BCUT2D eigenvalue weighted by molar-refractivity contribution is 7.48. The van der Waals surface area contributed by atoms with E-state index in [4.69, 9.17) is 82.8 Å². The average Bonchev–Trinajstić information content (AvgIpc) is 1.60. The Hall–Kier alpha value is -7.50. The standard InChI is InChI=1S/C47H60N18O33P4/c48-20-1-4-61(45(75)56-20)39-26(69)25(68)16(91-39)8-86-99(78,79)96-32-17(92-41(28(32)71)62-5-2-21(49)57-46(62)76)9-88-101(82,83)97-33-18(93-42(29(33)72)64-13-54-23-35(50)52-12-53-36(23)64)10-89-102(84,85)98-34-19(94-43(30(34)73)65-14-55-24-37(65)59-44(51)60-38(24)74)11-87-100(80,81)95-31-15(7-66)90-40(27(31)70)63-6-3-22(67)58-47(63)77/h1-6,12-19,25-34,39-43,66,68-73H,7-11H2,(H,78,79)(H,80,81)(H,82,83)(H,84,85)(H2,48,56,75)(H2,49,57,76)(H2,50,52,53)(H,58,67,77)(H3,51,59,60,74)/t15-,16-,17-,18-,19-,25-,26-,27-,28-,29-,30-,31-,32-,33-,34-,39-,40-,41-,42-,43-/m1/s1. The summed E-state index contributed by atoms with van der Waals surface area (Å²) in [4.78, 5) is 139. The van der Waals surface area contributed by atoms with E-state index in [1.807, 2.05) is 4.98 Å². The van der Waals surface area contributed by atoms with Crippen molar-refractivity contribution < 1.29 is 133 Å². The maximum absolute atomic E-state index is 14.3. The van der Waals surface area contributed by atoms with E-state index in [0.29, 0.717) is 9.13 Å². The van der Waals surface area contributed by atoms with Crippen LogP contribution < -0.4 is 51.1 Å². The highest BCUT2D eigenvalue weighted by Crippen LogP contribution is 2.55. The van der Waals surface area contributed by atoms with E-state index >= 15 is 0 Å². The summed E-state index contributed by atoms with van der Waals surface area (Å²) >= 11 is 0. The number of nitrogens with zero attached hydrogens (tertiary/aromatic N) is 12. The Bertz CT molecular complexity index is 4790. The number of aromatic nitrogens is 14. The quantitative estimate of drug-likeness (QED) is 0.0224. The Labute approximate surface area is 563 Å². The summed E-state index contributed by atoms with van der Waals surface area (Å²) in [5.41, 5.74) is 16.9. The molecule has 24 atom stereocenters. The van der Waals surface area contributed by atoms with Gasteiger partial charge in [-0.3, -0.25) is 78.6 Å². The molecule has 0 spiro atoms. The molecular formula is C47H60N18O33P4. The molecule has 0 aromatic carbocycles. The molecule has 5 aliphatic rings. The number of imidazole rings is 2. The molecule has 12 rings (SSSR count). The van der Waals surface area contributed by atoms with E-state index in [1.54, 1.807) is 0 Å². The predicted molar refractivity (Wildman–Crippen MR) is 325 cm³/mol. The number of anilines is 4. The van der Waals surface area contributed by atoms with Crippen molar-refractivity contribution in [1.82, 2.24) is 67.7 Å². The molecular weight excluding hydrogens is 1470 g/mol. The van der Waals surface area contributed by atoms with Crippen LogP contribution in [0.3, 0.4) is 0 Å². The molecule has 5 fully saturated rings. The molecule has 7 aromatic rings. The number of phosphoric ester groups is 4. The van der Waals surface area contributed by atoms with Gasteiger partial charge in [0.15, 0.2) is 53.8 Å². The number of hydrogen-bond donors (Lipinski definition) is 17. The highest BCUT2D eigenvalue weighted by atomic mass is 31.2. The summed E-state index contributed by atoms with van der Waals surface area (Å²) in [7, 11) is -23.0. The van der Waals surface area contributed by atoms with Crippen LogP contribution in [0.4, 0.5) is 23.4 Å². The van der Waals surface area contributed by atoms with Crippen molar-refractivity contribution in [2.75, 3.05) is 56.0 Å². The number of phosphoric acid groups is 4. The first-order chi connectivity index (χ1) is 48.1. The molecule has 55 heteroatoms. The monoisotopic (exact) mass is 1530 g/mol. The average molecular weight is 1530 g/mol. The molecule has 0 bridgehead atoms. The van der Waals surface area contributed by atoms with Gasteiger partial charge in [0, 0.05) is 24.7 Å². The number of nitrogens with one attached hydrogen (secondary N) is 2. The summed E-state index contributed by atoms with van der Waals surface area (Å²) in [6.07, 6.45) is -34.0. The number of hydrogen-bond acceptors (Lipinski definition) is 40. The second-order valence-corrected chi connectivity index (χ2v) is 28.4. The number of rotatable bonds is 26. The van der Waals surface area contributed by atoms with Crippen LogP contribution in [0.5, 0.6) is 0 Å². The van der Waals surface area contributed by atoms with Gasteiger partial charge < -0.3 is 102 Å². The number of ether oxygens (including phenoxy) is 5. The third-order valence-corrected chi connectivity index (χ3v) is 20.1. The number of aliphatic hydroxyl groups is 7. The van der Waals surface area contributed by atoms with Gasteiger partial charge in [0.25, 0.3) is 11.1 Å². The molecule has 0 saturated carbocycles. The minimum atomic E-state index is -5.87. The lowest BCUT2D eigenvalue weighted by molar-refractivity contribution is -0.0655. The lowest BCUT2D eigenvalue weighted by Crippen LogP contribution is -2.39. The minimum Gasteiger partial charge on any atom is -0.394 e. The van der Waals surface area contributed by atoms with E-state index < -0.39 is 227 Å². The third kappa shape index (κ3) is 15.2. The predicted octanol–water partition coefficient (Wildman–Crippen LogP) is -7.99. The van der Waals surface area contributed by atoms with E-state index in [1.165, 1.54) is 0 Å². The molecule has 21 N–H and O–H groups in total. The topological polar surface area (TPSA) is 747 Å². The lowest BCUT2D eigenvalue weighted by atomic mass is 10.1. The Morgan fingerprint density at radius 2 is 0.843 bits per heavy atom. The van der Waals surface area contributed by atoms with Crippen molar-refractivity contribution in [3.63, 3.8) is 0 Å². The largest absolute Gasteiger partial charge is 0.472 e. The van der Waals surface area contributed by atoms with Crippen LogP contribution in [0, 0.1) is 0 Å². The molecule has 0 aliphatic carbocycles. The van der Waals surface area contributed by atoms with Crippen molar-refractivity contribution in [1.29, 1.82) is 0 Å². The highest BCUT2D eigenvalue weighted by Gasteiger charge is 2.56. The maximum atomic E-state index is 14.3. The van der Waals surface area contributed by atoms with Gasteiger partial charge in [0.1, 0.15) is 115 Å². The Morgan fingerprint density at radius 1 is 0.451 bits per heavy atom. The van der Waals surface area contributed by atoms with Gasteiger partial charge in [-0.05, 0) is 12.1 Å². The SMILES string of the molecule is Nc1ccn([C@@H]2O[C@H](COP(=O)(O)O[C@H]3[C@@H](O)[C@H](n4ccc(N)nc4=O)O[C@@H]3COP(=O)(O)O[C@H]3[C@@H](O)[C@H](n4cnc5c(N)ncnc54)O[C@@H]3COP(=O)(O)O[C@H]3[C@@H](O)[C@H](n4cnc5c(=O)[nH]c(N)nc54)O[C@@H]3COP(=O)(O)O[C@H]3[C@@H](O)[C@H](n4ccc(=O)[nH]c4=O)O[C@@H]3CO)[C@@H](O)[C@H]2O)c(=O)n1. The fraction of sp³-hybridized carbons (Fsp3) is 0.532. The molecule has 5 aliphatic heterocycles. The summed E-state index contributed by atoms with van der Waals surface area (Å²) in [5.74, 6) is -1.19. The number of nitrogen functional groups attached to an aromatic ring is 4. The van der Waals surface area contributed by atoms with Crippen molar-refractivity contribution in [3.05, 3.63) is 108 Å². The van der Waals surface area contributed by atoms with Crippen LogP contribution in [0.15, 0.2) is 79.7 Å². The first-order valence-corrected chi connectivity index (χ1v) is 35.3. The number of aromatic amines is 2. The normalized spacial score (nSPS) is 32.8. The number of aliphatic hydroxyl groups excluding tert-OH is 7. The van der Waals surface area contributed by atoms with Crippen LogP contribution >= 0.6 is 31.3 Å². The lowest BCUT2D eigenvalue weighted by Gasteiger charge is -2.27. The van der Waals surface area contributed by atoms with Crippen molar-refractivity contribution in [3.8, 4) is 0 Å². The molecule has 0 amide bonds. The molecule has 0 radical (unpaired) electrons. The zero-order valence-corrected chi connectivity index (χ0v) is 54.7. The van der Waals surface area contributed by atoms with Gasteiger partial charge in [-0.25, -0.2) is 52.6 Å². The molecule has 5 saturated heterocycles. The second-order valence-electron chi connectivity index (χ2n) is 22.7. The maximum Gasteiger partial charge on any atom is 0.472 e. The van der Waals surface area contributed by atoms with Crippen LogP contribution in [-0.2, 0) is 78.1 Å². The van der Waals surface area contributed by atoms with Crippen molar-refractivity contribution in [2.45, 2.75) is 123 Å². The van der Waals surface area contributed by atoms with Crippen LogP contribution in [0.25, 0.3) is 22.3 Å². The summed E-state index contributed by atoms with van der Waals surface area (Å²) < 4.78 is 131. The van der Waals surface area contributed by atoms with Crippen molar-refractivity contribution >= 4 is 77.0 Å². The fourth-order valence-electron chi connectivity index (χ4n) is 11.4. The fourth-order valence-corrected chi connectivity index (χ4v) is 15.3. The number of H-pyrrole nitrogens is 2. The molecule has 12 heterocycles. The van der Waals surface area contributed by atoms with E-state index in [9.17, 15) is 97.6 Å². The van der Waals surface area contributed by atoms with Crippen molar-refractivity contribution in [2.24, 2.45) is 0 Å². The van der Waals surface area contributed by atoms with Gasteiger partial charge in [0.05, 0.1) is 45.7 Å². The second kappa shape index (κ2) is 28.9. The molecule has 7 aromatic heterocycles. The summed E-state index contributed by atoms with van der Waals surface area (Å²) in [5, 5.41) is 78.2. The minimum absolute atomic E-state index is 0.0811. The summed E-state index contributed by atoms with van der Waals surface area (Å²) in [6, 6.07) is 3.11. The van der Waals surface area contributed by atoms with Gasteiger partial charge in [-0.2, -0.15) is 15.0 Å². The van der Waals surface area contributed by atoms with Gasteiger partial charge in [0.2, 0.25) is 5.95 Å². The smallest absolute Gasteiger partial charge is 0.394 e. The Kier molecular flexibility index (Phi) is 21.0. The van der Waals surface area contributed by atoms with Crippen LogP contribution in [-0.4, -0.2) is 248 Å². The molecule has 51 nitrogen and oxygen atoms in total. The first-order valence-electron chi connectivity index (χ1n) is 29.4. The van der Waals surface area contributed by atoms with Gasteiger partial charge >= 0.3 is 48.4 Å². The van der Waals surface area contributed by atoms with Crippen LogP contribution in [0.2, 0.25) is 0 Å². The van der Waals surface area contributed by atoms with E-state index in [2.05, 4.69) is 39.9 Å². The summed E-state index contributed by atoms with van der Waals surface area (Å²) in [6.45, 7) is -6.08. The zero-order valence-electron chi connectivity index (χ0n) is 51.1. The van der Waals surface area contributed by atoms with Gasteiger partial charge in [-0.15, -0.1) is 0 Å². The van der Waals surface area contributed by atoms with Gasteiger partial charge in [-0.1, -0.05) is 0 Å². The van der Waals surface area contributed by atoms with E-state index in [0.717, 1.165) is 69.5 Å². The number of fused-ring (bicyclic) bond motifs is 2. The third-order valence-electron chi connectivity index (χ3n) is 16.1. The molecule has 102 heavy (non-hydrogen) atoms.